The SMILES string of the molecule is CC(NS(=O)(=O)c1ccc(CC(C)(C)C)cc1)c1nc2ccccc2c(=O)n1-c1ccc(-c2ccsc2)cc1. The Morgan fingerprint density at radius 3 is 2.26 bits per heavy atom. The van der Waals surface area contributed by atoms with E-state index in [4.69, 9.17) is 4.98 Å². The first-order valence-corrected chi connectivity index (χ1v) is 15.2. The van der Waals surface area contributed by atoms with Crippen molar-refractivity contribution in [3.05, 3.63) is 111 Å². The largest absolute Gasteiger partial charge is 0.268 e. The van der Waals surface area contributed by atoms with Crippen LogP contribution >= 0.6 is 11.3 Å². The monoisotopic (exact) mass is 557 g/mol. The highest BCUT2D eigenvalue weighted by molar-refractivity contribution is 7.89. The smallest absolute Gasteiger partial charge is 0.266 e. The number of nitrogens with zero attached hydrogens (tertiary/aromatic N) is 2. The van der Waals surface area contributed by atoms with Gasteiger partial charge in [0.15, 0.2) is 0 Å². The summed E-state index contributed by atoms with van der Waals surface area (Å²) in [4.78, 5) is 18.6. The quantitative estimate of drug-likeness (QED) is 0.240. The molecule has 0 saturated carbocycles. The Hall–Kier alpha value is -3.59. The van der Waals surface area contributed by atoms with Crippen molar-refractivity contribution in [2.45, 2.75) is 45.1 Å². The van der Waals surface area contributed by atoms with Gasteiger partial charge in [0, 0.05) is 0 Å². The average molecular weight is 558 g/mol. The molecular weight excluding hydrogens is 526 g/mol. The van der Waals surface area contributed by atoms with E-state index >= 15 is 0 Å². The lowest BCUT2D eigenvalue weighted by molar-refractivity contribution is 0.411. The van der Waals surface area contributed by atoms with Gasteiger partial charge in [-0.25, -0.2) is 18.1 Å². The number of hydrogen-bond acceptors (Lipinski definition) is 5. The Balaban J connectivity index is 1.53. The number of para-hydroxylation sites is 1. The fraction of sp³-hybridized carbons (Fsp3) is 0.226. The van der Waals surface area contributed by atoms with Gasteiger partial charge >= 0.3 is 0 Å². The molecule has 0 aliphatic carbocycles. The van der Waals surface area contributed by atoms with Gasteiger partial charge in [0.05, 0.1) is 27.5 Å². The first kappa shape index (κ1) is 27.0. The number of sulfonamides is 1. The average Bonchev–Trinajstić information content (AvgIpc) is 3.43. The number of aromatic nitrogens is 2. The molecule has 1 unspecified atom stereocenters. The molecule has 0 fully saturated rings. The summed E-state index contributed by atoms with van der Waals surface area (Å²) in [6.07, 6.45) is 0.843. The predicted molar refractivity (Wildman–Crippen MR) is 159 cm³/mol. The predicted octanol–water partition coefficient (Wildman–Crippen LogP) is 6.74. The molecule has 39 heavy (non-hydrogen) atoms. The third kappa shape index (κ3) is 5.88. The van der Waals surface area contributed by atoms with E-state index in [1.165, 1.54) is 4.57 Å². The Labute approximate surface area is 233 Å². The Bertz CT molecular complexity index is 1770. The van der Waals surface area contributed by atoms with Gasteiger partial charge in [-0.05, 0) is 88.7 Å². The van der Waals surface area contributed by atoms with Crippen LogP contribution in [0.4, 0.5) is 0 Å². The van der Waals surface area contributed by atoms with Crippen LogP contribution in [0, 0.1) is 5.41 Å². The van der Waals surface area contributed by atoms with Gasteiger partial charge in [0.1, 0.15) is 5.82 Å². The van der Waals surface area contributed by atoms with Crippen LogP contribution in [0.1, 0.15) is 45.1 Å². The lowest BCUT2D eigenvalue weighted by atomic mass is 9.88. The van der Waals surface area contributed by atoms with Crippen LogP contribution in [-0.2, 0) is 16.4 Å². The number of fused-ring (bicyclic) bond motifs is 1. The zero-order chi connectivity index (χ0) is 27.8. The summed E-state index contributed by atoms with van der Waals surface area (Å²) in [6.45, 7) is 8.14. The van der Waals surface area contributed by atoms with Gasteiger partial charge < -0.3 is 0 Å². The molecule has 0 bridgehead atoms. The van der Waals surface area contributed by atoms with Crippen LogP contribution in [0.25, 0.3) is 27.7 Å². The molecule has 1 N–H and O–H groups in total. The summed E-state index contributed by atoms with van der Waals surface area (Å²) in [7, 11) is -3.87. The highest BCUT2D eigenvalue weighted by Gasteiger charge is 2.24. The molecular formula is C31H31N3O3S2. The zero-order valence-corrected chi connectivity index (χ0v) is 24.0. The molecule has 0 radical (unpaired) electrons. The van der Waals surface area contributed by atoms with Crippen molar-refractivity contribution in [1.82, 2.24) is 14.3 Å². The van der Waals surface area contributed by atoms with Crippen molar-refractivity contribution in [3.8, 4) is 16.8 Å². The second kappa shape index (κ2) is 10.5. The van der Waals surface area contributed by atoms with Crippen LogP contribution in [0.3, 0.4) is 0 Å². The van der Waals surface area contributed by atoms with Gasteiger partial charge in [-0.1, -0.05) is 57.2 Å². The maximum atomic E-state index is 13.7. The minimum Gasteiger partial charge on any atom is -0.268 e. The fourth-order valence-corrected chi connectivity index (χ4v) is 6.54. The van der Waals surface area contributed by atoms with Crippen molar-refractivity contribution in [2.75, 3.05) is 0 Å². The summed E-state index contributed by atoms with van der Waals surface area (Å²) in [5, 5.41) is 4.55. The van der Waals surface area contributed by atoms with Gasteiger partial charge in [-0.15, -0.1) is 0 Å². The van der Waals surface area contributed by atoms with Crippen molar-refractivity contribution >= 4 is 32.3 Å². The van der Waals surface area contributed by atoms with E-state index in [1.54, 1.807) is 48.6 Å². The molecule has 2 heterocycles. The Morgan fingerprint density at radius 2 is 1.62 bits per heavy atom. The highest BCUT2D eigenvalue weighted by atomic mass is 32.2. The first-order valence-electron chi connectivity index (χ1n) is 12.8. The lowest BCUT2D eigenvalue weighted by Gasteiger charge is -2.20. The molecule has 6 nitrogen and oxygen atoms in total. The Kier molecular flexibility index (Phi) is 7.29. The lowest BCUT2D eigenvalue weighted by Crippen LogP contribution is -2.33. The third-order valence-corrected chi connectivity index (χ3v) is 8.71. The maximum Gasteiger partial charge on any atom is 0.266 e. The Morgan fingerprint density at radius 1 is 0.923 bits per heavy atom. The molecule has 0 aliphatic heterocycles. The summed E-state index contributed by atoms with van der Waals surface area (Å²) in [5.74, 6) is 0.315. The van der Waals surface area contributed by atoms with Crippen LogP contribution in [0.15, 0.2) is 99.3 Å². The molecule has 2 aromatic heterocycles. The third-order valence-electron chi connectivity index (χ3n) is 6.47. The molecule has 0 aliphatic rings. The molecule has 200 valence electrons. The minimum atomic E-state index is -3.87. The van der Waals surface area contributed by atoms with Crippen LogP contribution < -0.4 is 10.3 Å². The molecule has 5 aromatic rings. The second-order valence-electron chi connectivity index (χ2n) is 10.9. The van der Waals surface area contributed by atoms with Crippen LogP contribution in [0.5, 0.6) is 0 Å². The minimum absolute atomic E-state index is 0.0977. The molecule has 0 saturated heterocycles. The first-order chi connectivity index (χ1) is 18.5. The summed E-state index contributed by atoms with van der Waals surface area (Å²) >= 11 is 1.62. The van der Waals surface area contributed by atoms with Gasteiger partial charge in [0.2, 0.25) is 10.0 Å². The second-order valence-corrected chi connectivity index (χ2v) is 13.4. The van der Waals surface area contributed by atoms with Gasteiger partial charge in [-0.3, -0.25) is 9.36 Å². The van der Waals surface area contributed by atoms with Crippen molar-refractivity contribution < 1.29 is 8.42 Å². The van der Waals surface area contributed by atoms with Crippen molar-refractivity contribution in [1.29, 1.82) is 0 Å². The number of nitrogens with one attached hydrogen (secondary N) is 1. The number of hydrogen-bond donors (Lipinski definition) is 1. The van der Waals surface area contributed by atoms with E-state index in [-0.39, 0.29) is 15.9 Å². The van der Waals surface area contributed by atoms with E-state index in [9.17, 15) is 13.2 Å². The molecule has 3 aromatic carbocycles. The number of thiophene rings is 1. The van der Waals surface area contributed by atoms with E-state index in [1.807, 2.05) is 53.9 Å². The van der Waals surface area contributed by atoms with E-state index in [0.717, 1.165) is 23.1 Å². The highest BCUT2D eigenvalue weighted by Crippen LogP contribution is 2.26. The van der Waals surface area contributed by atoms with Crippen molar-refractivity contribution in [3.63, 3.8) is 0 Å². The van der Waals surface area contributed by atoms with Crippen LogP contribution in [0.2, 0.25) is 0 Å². The van der Waals surface area contributed by atoms with Gasteiger partial charge in [0.25, 0.3) is 5.56 Å². The van der Waals surface area contributed by atoms with E-state index in [2.05, 4.69) is 30.9 Å². The topological polar surface area (TPSA) is 81.1 Å². The van der Waals surface area contributed by atoms with Gasteiger partial charge in [-0.2, -0.15) is 11.3 Å². The molecule has 0 spiro atoms. The summed E-state index contributed by atoms with van der Waals surface area (Å²) in [6, 6.07) is 23.0. The summed E-state index contributed by atoms with van der Waals surface area (Å²) < 4.78 is 31.0. The van der Waals surface area contributed by atoms with Crippen LogP contribution in [-0.4, -0.2) is 18.0 Å². The zero-order valence-electron chi connectivity index (χ0n) is 22.4. The fourth-order valence-electron chi connectivity index (χ4n) is 4.67. The molecule has 8 heteroatoms. The number of rotatable bonds is 7. The molecule has 5 rings (SSSR count). The molecule has 1 atom stereocenters. The standard InChI is InChI=1S/C31H31N3O3S2/c1-21(33-39(36,37)26-15-9-22(10-16-26)19-31(2,3)4)29-32-28-8-6-5-7-27(28)30(35)34(29)25-13-11-23(12-14-25)24-17-18-38-20-24/h5-18,20-21,33H,19H2,1-4H3. The molecule has 0 amide bonds. The van der Waals surface area contributed by atoms with E-state index in [0.29, 0.717) is 22.4 Å². The van der Waals surface area contributed by atoms with Crippen molar-refractivity contribution in [2.24, 2.45) is 5.41 Å². The van der Waals surface area contributed by atoms with E-state index < -0.39 is 16.1 Å². The summed E-state index contributed by atoms with van der Waals surface area (Å²) in [5.41, 5.74) is 4.19. The normalized spacial score (nSPS) is 13.0. The maximum absolute atomic E-state index is 13.7. The number of benzene rings is 3.